The predicted octanol–water partition coefficient (Wildman–Crippen LogP) is 3.39. The average Bonchev–Trinajstić information content (AvgIpc) is 3.49. The molecular formula is C21H20FN7O. The van der Waals surface area contributed by atoms with Gasteiger partial charge >= 0.3 is 0 Å². The third kappa shape index (κ3) is 2.81. The maximum Gasteiger partial charge on any atom is 0.280 e. The van der Waals surface area contributed by atoms with E-state index < -0.39 is 0 Å². The molecule has 0 bridgehead atoms. The Hall–Kier alpha value is -3.75. The van der Waals surface area contributed by atoms with Crippen LogP contribution in [0.4, 0.5) is 4.39 Å². The van der Waals surface area contributed by atoms with E-state index in [2.05, 4.69) is 20.1 Å². The van der Waals surface area contributed by atoms with Crippen molar-refractivity contribution in [2.45, 2.75) is 32.9 Å². The largest absolute Gasteiger partial charge is 0.332 e. The second-order valence-electron chi connectivity index (χ2n) is 7.28. The molecule has 0 saturated carbocycles. The first-order valence-electron chi connectivity index (χ1n) is 9.82. The standard InChI is InChI=1S/C21H20FN7O/c1-3-8-28-20(30)17-19(27-9-7-23-21(27)28)26-18(25-17)15-11-24-29(12-15)13(2)14-5-4-6-16(22)10-14/h4-7,9-13H,3,8H2,1-2H3,(H,25,26). The van der Waals surface area contributed by atoms with E-state index in [1.807, 2.05) is 30.5 Å². The number of aromatic amines is 1. The molecule has 4 aromatic heterocycles. The predicted molar refractivity (Wildman–Crippen MR) is 111 cm³/mol. The molecule has 152 valence electrons. The van der Waals surface area contributed by atoms with Gasteiger partial charge in [-0.05, 0) is 31.0 Å². The Kier molecular flexibility index (Phi) is 4.23. The highest BCUT2D eigenvalue weighted by molar-refractivity contribution is 5.77. The minimum atomic E-state index is -0.281. The fraction of sp³-hybridized carbons (Fsp3) is 0.238. The summed E-state index contributed by atoms with van der Waals surface area (Å²) in [5, 5.41) is 4.42. The SMILES string of the molecule is CCCn1c(=O)c2[nH]c(-c3cnn(C(C)c4cccc(F)c4)c3)nc2n2ccnc12. The van der Waals surface area contributed by atoms with Gasteiger partial charge in [0.25, 0.3) is 5.56 Å². The number of H-pyrrole nitrogens is 1. The fourth-order valence-electron chi connectivity index (χ4n) is 3.73. The summed E-state index contributed by atoms with van der Waals surface area (Å²) >= 11 is 0. The normalized spacial score (nSPS) is 12.8. The minimum absolute atomic E-state index is 0.148. The van der Waals surface area contributed by atoms with Crippen LogP contribution in [0, 0.1) is 5.82 Å². The van der Waals surface area contributed by atoms with Gasteiger partial charge in [-0.15, -0.1) is 0 Å². The molecule has 0 amide bonds. The molecule has 1 aromatic carbocycles. The van der Waals surface area contributed by atoms with Gasteiger partial charge in [0.05, 0.1) is 17.8 Å². The van der Waals surface area contributed by atoms with E-state index in [1.165, 1.54) is 12.1 Å². The van der Waals surface area contributed by atoms with Crippen LogP contribution >= 0.6 is 0 Å². The Morgan fingerprint density at radius 3 is 2.97 bits per heavy atom. The highest BCUT2D eigenvalue weighted by Crippen LogP contribution is 2.23. The van der Waals surface area contributed by atoms with Crippen molar-refractivity contribution in [3.05, 3.63) is 70.8 Å². The van der Waals surface area contributed by atoms with E-state index in [1.54, 1.807) is 33.9 Å². The second kappa shape index (κ2) is 6.94. The zero-order chi connectivity index (χ0) is 20.8. The van der Waals surface area contributed by atoms with Crippen LogP contribution in [0.15, 0.2) is 53.8 Å². The third-order valence-corrected chi connectivity index (χ3v) is 5.28. The van der Waals surface area contributed by atoms with Crippen LogP contribution in [0.25, 0.3) is 28.3 Å². The molecule has 0 aliphatic heterocycles. The van der Waals surface area contributed by atoms with Crippen LogP contribution in [-0.4, -0.2) is 33.7 Å². The van der Waals surface area contributed by atoms with Crippen molar-refractivity contribution < 1.29 is 4.39 Å². The van der Waals surface area contributed by atoms with Gasteiger partial charge in [-0.3, -0.25) is 18.4 Å². The first-order valence-corrected chi connectivity index (χ1v) is 9.82. The monoisotopic (exact) mass is 405 g/mol. The zero-order valence-corrected chi connectivity index (χ0v) is 16.6. The van der Waals surface area contributed by atoms with Gasteiger partial charge in [0, 0.05) is 25.1 Å². The number of nitrogens with one attached hydrogen (secondary N) is 1. The van der Waals surface area contributed by atoms with Crippen molar-refractivity contribution in [2.75, 3.05) is 0 Å². The van der Waals surface area contributed by atoms with Crippen LogP contribution in [0.3, 0.4) is 0 Å². The van der Waals surface area contributed by atoms with E-state index in [4.69, 9.17) is 0 Å². The topological polar surface area (TPSA) is 85.8 Å². The molecule has 4 heterocycles. The molecule has 1 N–H and O–H groups in total. The van der Waals surface area contributed by atoms with Crippen LogP contribution in [0.2, 0.25) is 0 Å². The molecule has 0 spiro atoms. The van der Waals surface area contributed by atoms with Gasteiger partial charge in [-0.2, -0.15) is 5.10 Å². The highest BCUT2D eigenvalue weighted by Gasteiger charge is 2.18. The van der Waals surface area contributed by atoms with Crippen LogP contribution in [-0.2, 0) is 6.54 Å². The summed E-state index contributed by atoms with van der Waals surface area (Å²) in [6, 6.07) is 6.31. The summed E-state index contributed by atoms with van der Waals surface area (Å²) in [6.07, 6.45) is 7.79. The van der Waals surface area contributed by atoms with E-state index >= 15 is 0 Å². The summed E-state index contributed by atoms with van der Waals surface area (Å²) in [7, 11) is 0. The third-order valence-electron chi connectivity index (χ3n) is 5.28. The molecule has 9 heteroatoms. The summed E-state index contributed by atoms with van der Waals surface area (Å²) in [5.74, 6) is 0.837. The number of benzene rings is 1. The number of rotatable bonds is 5. The molecule has 5 rings (SSSR count). The average molecular weight is 405 g/mol. The summed E-state index contributed by atoms with van der Waals surface area (Å²) in [5.41, 5.74) is 2.36. The number of halogens is 1. The molecule has 0 aliphatic rings. The van der Waals surface area contributed by atoms with E-state index in [0.717, 1.165) is 17.5 Å². The number of aromatic nitrogens is 7. The van der Waals surface area contributed by atoms with Crippen molar-refractivity contribution in [1.29, 1.82) is 0 Å². The van der Waals surface area contributed by atoms with Crippen molar-refractivity contribution in [1.82, 2.24) is 33.7 Å². The fourth-order valence-corrected chi connectivity index (χ4v) is 3.73. The van der Waals surface area contributed by atoms with Crippen LogP contribution < -0.4 is 5.56 Å². The summed E-state index contributed by atoms with van der Waals surface area (Å²) in [6.45, 7) is 4.54. The first-order chi connectivity index (χ1) is 14.6. The minimum Gasteiger partial charge on any atom is -0.332 e. The van der Waals surface area contributed by atoms with E-state index in [0.29, 0.717) is 29.3 Å². The lowest BCUT2D eigenvalue weighted by molar-refractivity contribution is 0.556. The van der Waals surface area contributed by atoms with Crippen molar-refractivity contribution >= 4 is 16.9 Å². The Labute approximate surface area is 170 Å². The molecular weight excluding hydrogens is 385 g/mol. The molecule has 0 radical (unpaired) electrons. The molecule has 0 saturated heterocycles. The Morgan fingerprint density at radius 2 is 2.17 bits per heavy atom. The lowest BCUT2D eigenvalue weighted by Crippen LogP contribution is -2.23. The van der Waals surface area contributed by atoms with Gasteiger partial charge < -0.3 is 4.98 Å². The van der Waals surface area contributed by atoms with Gasteiger partial charge in [-0.25, -0.2) is 14.4 Å². The number of aryl methyl sites for hydroxylation is 1. The molecule has 0 fully saturated rings. The molecule has 0 aliphatic carbocycles. The Morgan fingerprint density at radius 1 is 1.30 bits per heavy atom. The van der Waals surface area contributed by atoms with Crippen molar-refractivity contribution in [3.8, 4) is 11.4 Å². The summed E-state index contributed by atoms with van der Waals surface area (Å²) in [4.78, 5) is 25.1. The van der Waals surface area contributed by atoms with Gasteiger partial charge in [-0.1, -0.05) is 19.1 Å². The Bertz CT molecular complexity index is 1420. The number of hydrogen-bond acceptors (Lipinski definition) is 4. The molecule has 5 aromatic rings. The van der Waals surface area contributed by atoms with Crippen LogP contribution in [0.5, 0.6) is 0 Å². The lowest BCUT2D eigenvalue weighted by atomic mass is 10.1. The molecule has 8 nitrogen and oxygen atoms in total. The van der Waals surface area contributed by atoms with Crippen molar-refractivity contribution in [3.63, 3.8) is 0 Å². The summed E-state index contributed by atoms with van der Waals surface area (Å²) < 4.78 is 18.8. The smallest absolute Gasteiger partial charge is 0.280 e. The number of imidazole rings is 2. The maximum absolute atomic E-state index is 13.6. The zero-order valence-electron chi connectivity index (χ0n) is 16.6. The molecule has 30 heavy (non-hydrogen) atoms. The quantitative estimate of drug-likeness (QED) is 0.486. The number of hydrogen-bond donors (Lipinski definition) is 1. The number of fused-ring (bicyclic) bond motifs is 3. The van der Waals surface area contributed by atoms with E-state index in [9.17, 15) is 9.18 Å². The van der Waals surface area contributed by atoms with Crippen LogP contribution in [0.1, 0.15) is 31.9 Å². The number of nitrogens with zero attached hydrogens (tertiary/aromatic N) is 6. The molecule has 1 atom stereocenters. The van der Waals surface area contributed by atoms with Crippen molar-refractivity contribution in [2.24, 2.45) is 0 Å². The van der Waals surface area contributed by atoms with Gasteiger partial charge in [0.15, 0.2) is 11.2 Å². The first kappa shape index (κ1) is 18.3. The maximum atomic E-state index is 13.6. The van der Waals surface area contributed by atoms with Gasteiger partial charge in [0.1, 0.15) is 11.6 Å². The van der Waals surface area contributed by atoms with E-state index in [-0.39, 0.29) is 17.4 Å². The highest BCUT2D eigenvalue weighted by atomic mass is 19.1. The second-order valence-corrected chi connectivity index (χ2v) is 7.28. The van der Waals surface area contributed by atoms with Gasteiger partial charge in [0.2, 0.25) is 5.78 Å². The molecule has 1 unspecified atom stereocenters. The Balaban J connectivity index is 1.59. The lowest BCUT2D eigenvalue weighted by Gasteiger charge is -2.12.